The molecule has 1 saturated heterocycles. The van der Waals surface area contributed by atoms with Gasteiger partial charge in [0.25, 0.3) is 0 Å². The van der Waals surface area contributed by atoms with Crippen molar-refractivity contribution in [2.24, 2.45) is 5.92 Å². The molecule has 1 aliphatic rings. The highest BCUT2D eigenvalue weighted by Gasteiger charge is 2.31. The van der Waals surface area contributed by atoms with Crippen LogP contribution in [0.5, 0.6) is 5.75 Å². The third-order valence-corrected chi connectivity index (χ3v) is 4.15. The topological polar surface area (TPSA) is 66.8 Å². The number of carbonyl (C=O) groups is 2. The fourth-order valence-corrected chi connectivity index (χ4v) is 2.95. The summed E-state index contributed by atoms with van der Waals surface area (Å²) in [5.74, 6) is -1.10. The molecular weight excluding hydrogens is 339 g/mol. The summed E-state index contributed by atoms with van der Waals surface area (Å²) >= 11 is 0. The van der Waals surface area contributed by atoms with Gasteiger partial charge in [-0.15, -0.1) is 13.2 Å². The molecule has 138 valence electrons. The van der Waals surface area contributed by atoms with Gasteiger partial charge in [0.15, 0.2) is 0 Å². The summed E-state index contributed by atoms with van der Waals surface area (Å²) in [4.78, 5) is 24.7. The monoisotopic (exact) mass is 359 g/mol. The van der Waals surface area contributed by atoms with Gasteiger partial charge in [-0.05, 0) is 42.9 Å². The van der Waals surface area contributed by atoms with Crippen molar-refractivity contribution in [2.45, 2.75) is 38.5 Å². The number of ether oxygens (including phenoxy) is 1. The Balaban J connectivity index is 1.87. The standard InChI is InChI=1S/C17H20F3NO4/c18-17(19,20)25-14-6-3-12(4-7-14)10-15(22)21-9-1-2-13(11-21)5-8-16(23)24/h3-4,6-7,13H,1-2,5,8-11H2,(H,23,24)/t13-/m0/s1. The first-order valence-corrected chi connectivity index (χ1v) is 8.07. The number of amides is 1. The predicted molar refractivity (Wildman–Crippen MR) is 83.0 cm³/mol. The van der Waals surface area contributed by atoms with Crippen molar-refractivity contribution in [1.82, 2.24) is 4.90 Å². The Hall–Kier alpha value is -2.25. The fraction of sp³-hybridized carbons (Fsp3) is 0.529. The zero-order chi connectivity index (χ0) is 18.4. The number of carboxylic acids is 1. The number of carbonyl (C=O) groups excluding carboxylic acids is 1. The molecule has 0 unspecified atom stereocenters. The zero-order valence-electron chi connectivity index (χ0n) is 13.6. The van der Waals surface area contributed by atoms with Crippen LogP contribution in [-0.2, 0) is 16.0 Å². The lowest BCUT2D eigenvalue weighted by atomic mass is 9.93. The second kappa shape index (κ2) is 8.22. The number of hydrogen-bond donors (Lipinski definition) is 1. The molecule has 0 spiro atoms. The second-order valence-corrected chi connectivity index (χ2v) is 6.15. The van der Waals surface area contributed by atoms with Gasteiger partial charge in [-0.25, -0.2) is 0 Å². The highest BCUT2D eigenvalue weighted by Crippen LogP contribution is 2.24. The number of hydrogen-bond acceptors (Lipinski definition) is 3. The lowest BCUT2D eigenvalue weighted by molar-refractivity contribution is -0.274. The van der Waals surface area contributed by atoms with Crippen LogP contribution in [0.1, 0.15) is 31.2 Å². The smallest absolute Gasteiger partial charge is 0.481 e. The number of piperidine rings is 1. The maximum absolute atomic E-state index is 12.4. The molecule has 0 aliphatic carbocycles. The normalized spacial score (nSPS) is 18.0. The summed E-state index contributed by atoms with van der Waals surface area (Å²) in [7, 11) is 0. The Kier molecular flexibility index (Phi) is 6.27. The van der Waals surface area contributed by atoms with E-state index >= 15 is 0 Å². The molecule has 1 aromatic carbocycles. The SMILES string of the molecule is O=C(O)CC[C@@H]1CCCN(C(=O)Cc2ccc(OC(F)(F)F)cc2)C1. The predicted octanol–water partition coefficient (Wildman–Crippen LogP) is 3.23. The number of halogens is 3. The second-order valence-electron chi connectivity index (χ2n) is 6.15. The number of carboxylic acid groups (broad SMARTS) is 1. The molecule has 5 nitrogen and oxygen atoms in total. The number of alkyl halides is 3. The van der Waals surface area contributed by atoms with Crippen LogP contribution in [0.2, 0.25) is 0 Å². The minimum absolute atomic E-state index is 0.0906. The minimum Gasteiger partial charge on any atom is -0.481 e. The number of nitrogens with zero attached hydrogens (tertiary/aromatic N) is 1. The van der Waals surface area contributed by atoms with Crippen molar-refractivity contribution < 1.29 is 32.6 Å². The van der Waals surface area contributed by atoms with Crippen molar-refractivity contribution in [1.29, 1.82) is 0 Å². The molecule has 0 aromatic heterocycles. The van der Waals surface area contributed by atoms with Gasteiger partial charge >= 0.3 is 12.3 Å². The summed E-state index contributed by atoms with van der Waals surface area (Å²) in [5, 5.41) is 8.75. The molecule has 1 atom stereocenters. The molecule has 1 aliphatic heterocycles. The van der Waals surface area contributed by atoms with E-state index in [1.165, 1.54) is 24.3 Å². The van der Waals surface area contributed by atoms with E-state index in [4.69, 9.17) is 5.11 Å². The largest absolute Gasteiger partial charge is 0.573 e. The van der Waals surface area contributed by atoms with Gasteiger partial charge < -0.3 is 14.7 Å². The highest BCUT2D eigenvalue weighted by molar-refractivity contribution is 5.79. The van der Waals surface area contributed by atoms with Gasteiger partial charge in [0, 0.05) is 19.5 Å². The number of likely N-dealkylation sites (tertiary alicyclic amines) is 1. The average Bonchev–Trinajstić information content (AvgIpc) is 2.53. The summed E-state index contributed by atoms with van der Waals surface area (Å²) in [5.41, 5.74) is 0.604. The molecule has 25 heavy (non-hydrogen) atoms. The molecule has 1 amide bonds. The Morgan fingerprint density at radius 1 is 1.24 bits per heavy atom. The van der Waals surface area contributed by atoms with E-state index in [9.17, 15) is 22.8 Å². The number of aliphatic carboxylic acids is 1. The molecule has 8 heteroatoms. The Labute approximate surface area is 143 Å². The molecule has 1 heterocycles. The zero-order valence-corrected chi connectivity index (χ0v) is 13.6. The van der Waals surface area contributed by atoms with Gasteiger partial charge in [0.1, 0.15) is 5.75 Å². The van der Waals surface area contributed by atoms with E-state index in [1.54, 1.807) is 4.90 Å². The van der Waals surface area contributed by atoms with Crippen LogP contribution in [-0.4, -0.2) is 41.3 Å². The molecule has 0 radical (unpaired) electrons. The Morgan fingerprint density at radius 3 is 2.52 bits per heavy atom. The summed E-state index contributed by atoms with van der Waals surface area (Å²) in [6, 6.07) is 5.24. The maximum atomic E-state index is 12.4. The van der Waals surface area contributed by atoms with Crippen LogP contribution in [0.25, 0.3) is 0 Å². The molecule has 1 fully saturated rings. The van der Waals surface area contributed by atoms with E-state index in [0.29, 0.717) is 25.1 Å². The van der Waals surface area contributed by atoms with E-state index in [2.05, 4.69) is 4.74 Å². The summed E-state index contributed by atoms with van der Waals surface area (Å²) in [6.07, 6.45) is -2.28. The summed E-state index contributed by atoms with van der Waals surface area (Å²) < 4.78 is 40.2. The summed E-state index contributed by atoms with van der Waals surface area (Å²) in [6.45, 7) is 1.15. The quantitative estimate of drug-likeness (QED) is 0.847. The number of benzene rings is 1. The molecule has 0 saturated carbocycles. The van der Waals surface area contributed by atoms with Crippen molar-refractivity contribution in [3.05, 3.63) is 29.8 Å². The maximum Gasteiger partial charge on any atom is 0.573 e. The van der Waals surface area contributed by atoms with Crippen LogP contribution in [0.4, 0.5) is 13.2 Å². The van der Waals surface area contributed by atoms with Gasteiger partial charge in [0.05, 0.1) is 6.42 Å². The van der Waals surface area contributed by atoms with Crippen LogP contribution in [0.15, 0.2) is 24.3 Å². The third kappa shape index (κ3) is 6.64. The van der Waals surface area contributed by atoms with Crippen LogP contribution in [0.3, 0.4) is 0 Å². The van der Waals surface area contributed by atoms with E-state index in [-0.39, 0.29) is 30.4 Å². The average molecular weight is 359 g/mol. The van der Waals surface area contributed by atoms with Crippen LogP contribution in [0, 0.1) is 5.92 Å². The van der Waals surface area contributed by atoms with E-state index in [0.717, 1.165) is 12.8 Å². The van der Waals surface area contributed by atoms with Crippen molar-refractivity contribution in [3.8, 4) is 5.75 Å². The van der Waals surface area contributed by atoms with E-state index < -0.39 is 12.3 Å². The van der Waals surface area contributed by atoms with Gasteiger partial charge in [-0.2, -0.15) is 0 Å². The molecular formula is C17H20F3NO4. The van der Waals surface area contributed by atoms with Crippen LogP contribution >= 0.6 is 0 Å². The van der Waals surface area contributed by atoms with Crippen LogP contribution < -0.4 is 4.74 Å². The highest BCUT2D eigenvalue weighted by atomic mass is 19.4. The molecule has 0 bridgehead atoms. The van der Waals surface area contributed by atoms with Gasteiger partial charge in [-0.3, -0.25) is 9.59 Å². The first-order valence-electron chi connectivity index (χ1n) is 8.07. The van der Waals surface area contributed by atoms with Crippen molar-refractivity contribution in [2.75, 3.05) is 13.1 Å². The first-order chi connectivity index (χ1) is 11.7. The molecule has 1 N–H and O–H groups in total. The lowest BCUT2D eigenvalue weighted by Gasteiger charge is -2.32. The Morgan fingerprint density at radius 2 is 1.92 bits per heavy atom. The van der Waals surface area contributed by atoms with Crippen molar-refractivity contribution in [3.63, 3.8) is 0 Å². The number of rotatable bonds is 6. The lowest BCUT2D eigenvalue weighted by Crippen LogP contribution is -2.40. The fourth-order valence-electron chi connectivity index (χ4n) is 2.95. The third-order valence-electron chi connectivity index (χ3n) is 4.15. The minimum atomic E-state index is -4.74. The van der Waals surface area contributed by atoms with E-state index in [1.807, 2.05) is 0 Å². The first kappa shape index (κ1) is 19.1. The Bertz CT molecular complexity index is 601. The molecule has 2 rings (SSSR count). The van der Waals surface area contributed by atoms with Crippen molar-refractivity contribution >= 4 is 11.9 Å². The van der Waals surface area contributed by atoms with Gasteiger partial charge in [-0.1, -0.05) is 12.1 Å². The molecule has 1 aromatic rings. The van der Waals surface area contributed by atoms with Gasteiger partial charge in [0.2, 0.25) is 5.91 Å².